The van der Waals surface area contributed by atoms with Gasteiger partial charge in [0.15, 0.2) is 0 Å². The summed E-state index contributed by atoms with van der Waals surface area (Å²) in [5.74, 6) is -2.90. The van der Waals surface area contributed by atoms with Crippen LogP contribution in [0.3, 0.4) is 0 Å². The first kappa shape index (κ1) is 18.0. The van der Waals surface area contributed by atoms with Gasteiger partial charge in [0.2, 0.25) is 0 Å². The van der Waals surface area contributed by atoms with Gasteiger partial charge in [0, 0.05) is 6.54 Å². The Morgan fingerprint density at radius 1 is 1.27 bits per heavy atom. The quantitative estimate of drug-likeness (QED) is 0.852. The molecule has 0 heterocycles. The average Bonchev–Trinajstić information content (AvgIpc) is 2.42. The highest BCUT2D eigenvalue weighted by atomic mass is 32.2. The van der Waals surface area contributed by atoms with Crippen LogP contribution in [0.4, 0.5) is 13.2 Å². The van der Waals surface area contributed by atoms with E-state index in [-0.39, 0.29) is 6.54 Å². The van der Waals surface area contributed by atoms with E-state index in [1.54, 1.807) is 6.92 Å². The van der Waals surface area contributed by atoms with Crippen molar-refractivity contribution in [1.82, 2.24) is 5.32 Å². The van der Waals surface area contributed by atoms with Gasteiger partial charge in [0.25, 0.3) is 15.7 Å². The number of rotatable bonds is 5. The third kappa shape index (κ3) is 3.38. The van der Waals surface area contributed by atoms with Crippen LogP contribution in [-0.2, 0) is 9.84 Å². The number of carbonyl (C=O) groups is 2. The summed E-state index contributed by atoms with van der Waals surface area (Å²) in [5.41, 5.74) is -7.52. The molecule has 0 saturated heterocycles. The monoisotopic (exact) mass is 339 g/mol. The third-order valence-electron chi connectivity index (χ3n) is 2.61. The number of halogens is 3. The second kappa shape index (κ2) is 6.34. The van der Waals surface area contributed by atoms with Crippen LogP contribution in [-0.4, -0.2) is 37.5 Å². The first-order chi connectivity index (χ1) is 10.0. The number of alkyl halides is 3. The summed E-state index contributed by atoms with van der Waals surface area (Å²) in [6, 6.07) is 2.33. The fraction of sp³-hybridized carbons (Fsp3) is 0.333. The molecule has 6 nitrogen and oxygen atoms in total. The summed E-state index contributed by atoms with van der Waals surface area (Å²) >= 11 is 0. The molecule has 0 radical (unpaired) electrons. The summed E-state index contributed by atoms with van der Waals surface area (Å²) in [5, 5.41) is 11.3. The molecule has 0 bridgehead atoms. The molecule has 122 valence electrons. The SMILES string of the molecule is CCCNC(=O)c1cccc(S(=O)(=O)C(F)(F)F)c1C(=O)O. The molecule has 1 aromatic carbocycles. The number of amides is 1. The number of aromatic carboxylic acids is 1. The molecular weight excluding hydrogens is 327 g/mol. The lowest BCUT2D eigenvalue weighted by atomic mass is 10.1. The van der Waals surface area contributed by atoms with Crippen molar-refractivity contribution in [3.63, 3.8) is 0 Å². The smallest absolute Gasteiger partial charge is 0.478 e. The number of carbonyl (C=O) groups excluding carboxylic acids is 1. The molecule has 0 aliphatic rings. The summed E-state index contributed by atoms with van der Waals surface area (Å²) in [4.78, 5) is 21.5. The van der Waals surface area contributed by atoms with Gasteiger partial charge in [-0.05, 0) is 18.6 Å². The molecule has 0 aliphatic carbocycles. The van der Waals surface area contributed by atoms with E-state index >= 15 is 0 Å². The summed E-state index contributed by atoms with van der Waals surface area (Å²) < 4.78 is 60.7. The van der Waals surface area contributed by atoms with Gasteiger partial charge in [-0.3, -0.25) is 4.79 Å². The number of benzene rings is 1. The predicted molar refractivity (Wildman–Crippen MR) is 69.3 cm³/mol. The minimum Gasteiger partial charge on any atom is -0.478 e. The van der Waals surface area contributed by atoms with Crippen molar-refractivity contribution in [3.8, 4) is 0 Å². The summed E-state index contributed by atoms with van der Waals surface area (Å²) in [7, 11) is -5.89. The Morgan fingerprint density at radius 2 is 1.86 bits per heavy atom. The minimum absolute atomic E-state index is 0.161. The molecule has 0 fully saturated rings. The third-order valence-corrected chi connectivity index (χ3v) is 4.14. The van der Waals surface area contributed by atoms with Gasteiger partial charge < -0.3 is 10.4 Å². The zero-order valence-electron chi connectivity index (χ0n) is 11.3. The van der Waals surface area contributed by atoms with E-state index in [0.29, 0.717) is 12.5 Å². The molecule has 0 atom stereocenters. The van der Waals surface area contributed by atoms with E-state index in [9.17, 15) is 31.2 Å². The van der Waals surface area contributed by atoms with Crippen LogP contribution in [0, 0.1) is 0 Å². The molecule has 10 heteroatoms. The Bertz CT molecular complexity index is 697. The van der Waals surface area contributed by atoms with Gasteiger partial charge in [-0.2, -0.15) is 13.2 Å². The number of carboxylic acid groups (broad SMARTS) is 1. The van der Waals surface area contributed by atoms with E-state index in [0.717, 1.165) is 12.1 Å². The highest BCUT2D eigenvalue weighted by molar-refractivity contribution is 7.92. The van der Waals surface area contributed by atoms with Crippen LogP contribution in [0.2, 0.25) is 0 Å². The molecule has 2 N–H and O–H groups in total. The Balaban J connectivity index is 3.57. The Kier molecular flexibility index (Phi) is 5.17. The van der Waals surface area contributed by atoms with Crippen LogP contribution in [0.25, 0.3) is 0 Å². The lowest BCUT2D eigenvalue weighted by Crippen LogP contribution is -2.29. The molecule has 0 saturated carbocycles. The zero-order valence-corrected chi connectivity index (χ0v) is 12.1. The van der Waals surface area contributed by atoms with E-state index in [1.807, 2.05) is 0 Å². The van der Waals surface area contributed by atoms with Gasteiger partial charge in [-0.1, -0.05) is 13.0 Å². The minimum atomic E-state index is -5.89. The largest absolute Gasteiger partial charge is 0.501 e. The van der Waals surface area contributed by atoms with Crippen LogP contribution in [0.15, 0.2) is 23.1 Å². The number of nitrogens with one attached hydrogen (secondary N) is 1. The summed E-state index contributed by atoms with van der Waals surface area (Å²) in [6.45, 7) is 1.87. The Hall–Kier alpha value is -2.10. The molecular formula is C12H12F3NO5S. The number of hydrogen-bond acceptors (Lipinski definition) is 4. The molecule has 22 heavy (non-hydrogen) atoms. The Labute approximate surface area is 123 Å². The molecule has 0 spiro atoms. The first-order valence-corrected chi connectivity index (χ1v) is 7.48. The van der Waals surface area contributed by atoms with Gasteiger partial charge in [-0.25, -0.2) is 13.2 Å². The van der Waals surface area contributed by atoms with Crippen molar-refractivity contribution in [2.75, 3.05) is 6.54 Å². The maximum atomic E-state index is 12.6. The fourth-order valence-corrected chi connectivity index (χ4v) is 2.60. The molecule has 1 rings (SSSR count). The Morgan fingerprint density at radius 3 is 2.32 bits per heavy atom. The zero-order chi connectivity index (χ0) is 17.1. The summed E-state index contributed by atoms with van der Waals surface area (Å²) in [6.07, 6.45) is 0.509. The number of sulfone groups is 1. The van der Waals surface area contributed by atoms with Crippen molar-refractivity contribution < 1.29 is 36.3 Å². The van der Waals surface area contributed by atoms with E-state index < -0.39 is 43.2 Å². The first-order valence-electron chi connectivity index (χ1n) is 6.00. The highest BCUT2D eigenvalue weighted by Crippen LogP contribution is 2.33. The fourth-order valence-electron chi connectivity index (χ4n) is 1.62. The average molecular weight is 339 g/mol. The maximum Gasteiger partial charge on any atom is 0.501 e. The molecule has 1 aromatic rings. The normalized spacial score (nSPS) is 12.0. The van der Waals surface area contributed by atoms with Gasteiger partial charge in [-0.15, -0.1) is 0 Å². The van der Waals surface area contributed by atoms with Crippen LogP contribution >= 0.6 is 0 Å². The van der Waals surface area contributed by atoms with Crippen molar-refractivity contribution in [3.05, 3.63) is 29.3 Å². The van der Waals surface area contributed by atoms with Crippen molar-refractivity contribution in [2.24, 2.45) is 0 Å². The van der Waals surface area contributed by atoms with Crippen molar-refractivity contribution >= 4 is 21.7 Å². The van der Waals surface area contributed by atoms with Crippen molar-refractivity contribution in [1.29, 1.82) is 0 Å². The van der Waals surface area contributed by atoms with Gasteiger partial charge in [0.1, 0.15) is 0 Å². The molecule has 0 aromatic heterocycles. The van der Waals surface area contributed by atoms with Crippen molar-refractivity contribution in [2.45, 2.75) is 23.7 Å². The van der Waals surface area contributed by atoms with E-state index in [1.165, 1.54) is 0 Å². The predicted octanol–water partition coefficient (Wildman–Crippen LogP) is 1.82. The van der Waals surface area contributed by atoms with E-state index in [4.69, 9.17) is 5.11 Å². The topological polar surface area (TPSA) is 101 Å². The van der Waals surface area contributed by atoms with Crippen LogP contribution < -0.4 is 5.32 Å². The highest BCUT2D eigenvalue weighted by Gasteiger charge is 2.49. The lowest BCUT2D eigenvalue weighted by molar-refractivity contribution is -0.0436. The van der Waals surface area contributed by atoms with Gasteiger partial charge >= 0.3 is 11.5 Å². The van der Waals surface area contributed by atoms with Crippen LogP contribution in [0.5, 0.6) is 0 Å². The lowest BCUT2D eigenvalue weighted by Gasteiger charge is -2.13. The van der Waals surface area contributed by atoms with E-state index in [2.05, 4.69) is 5.32 Å². The molecule has 0 unspecified atom stereocenters. The standard InChI is InChI=1S/C12H12F3NO5S/c1-2-6-16-10(17)7-4-3-5-8(9(7)11(18)19)22(20,21)12(13,14)15/h3-5H,2,6H2,1H3,(H,16,17)(H,18,19). The number of carboxylic acids is 1. The second-order valence-electron chi connectivity index (χ2n) is 4.19. The molecule has 1 amide bonds. The number of hydrogen-bond donors (Lipinski definition) is 2. The van der Waals surface area contributed by atoms with Crippen LogP contribution in [0.1, 0.15) is 34.1 Å². The van der Waals surface area contributed by atoms with Gasteiger partial charge in [0.05, 0.1) is 16.0 Å². The second-order valence-corrected chi connectivity index (χ2v) is 6.10. The molecule has 0 aliphatic heterocycles. The maximum absolute atomic E-state index is 12.6.